The molecule has 0 saturated heterocycles. The van der Waals surface area contributed by atoms with E-state index in [1.54, 1.807) is 16.8 Å². The molecule has 0 spiro atoms. The Morgan fingerprint density at radius 1 is 1.15 bits per heavy atom. The van der Waals surface area contributed by atoms with E-state index < -0.39 is 0 Å². The SMILES string of the molecule is C[C@H](CCc1ccccc1)NC(=O)COc1ccc(-n2cnnn2)cc1. The highest BCUT2D eigenvalue weighted by molar-refractivity contribution is 5.77. The van der Waals surface area contributed by atoms with Crippen molar-refractivity contribution in [2.24, 2.45) is 0 Å². The van der Waals surface area contributed by atoms with Crippen LogP contribution >= 0.6 is 0 Å². The summed E-state index contributed by atoms with van der Waals surface area (Å²) in [5.41, 5.74) is 2.09. The molecular weight excluding hydrogens is 330 g/mol. The second-order valence-electron chi connectivity index (χ2n) is 6.03. The molecular formula is C19H21N5O2. The Balaban J connectivity index is 1.40. The highest BCUT2D eigenvalue weighted by Crippen LogP contribution is 2.14. The number of hydrogen-bond acceptors (Lipinski definition) is 5. The average Bonchev–Trinajstić information content (AvgIpc) is 3.21. The van der Waals surface area contributed by atoms with Gasteiger partial charge in [0.25, 0.3) is 5.91 Å². The molecule has 7 nitrogen and oxygen atoms in total. The van der Waals surface area contributed by atoms with Crippen LogP contribution in [-0.2, 0) is 11.2 Å². The van der Waals surface area contributed by atoms with Crippen molar-refractivity contribution in [1.29, 1.82) is 0 Å². The fourth-order valence-corrected chi connectivity index (χ4v) is 2.54. The highest BCUT2D eigenvalue weighted by atomic mass is 16.5. The van der Waals surface area contributed by atoms with E-state index in [1.165, 1.54) is 11.9 Å². The molecule has 26 heavy (non-hydrogen) atoms. The second kappa shape index (κ2) is 8.75. The van der Waals surface area contributed by atoms with Crippen molar-refractivity contribution < 1.29 is 9.53 Å². The van der Waals surface area contributed by atoms with Crippen molar-refractivity contribution >= 4 is 5.91 Å². The molecule has 134 valence electrons. The van der Waals surface area contributed by atoms with Gasteiger partial charge < -0.3 is 10.1 Å². The van der Waals surface area contributed by atoms with Gasteiger partial charge in [0.15, 0.2) is 6.61 Å². The van der Waals surface area contributed by atoms with E-state index in [2.05, 4.69) is 33.0 Å². The van der Waals surface area contributed by atoms with Crippen LogP contribution in [0.25, 0.3) is 5.69 Å². The van der Waals surface area contributed by atoms with Gasteiger partial charge in [-0.15, -0.1) is 5.10 Å². The van der Waals surface area contributed by atoms with Gasteiger partial charge in [-0.05, 0) is 60.0 Å². The molecule has 1 amide bonds. The lowest BCUT2D eigenvalue weighted by molar-refractivity contribution is -0.123. The first-order chi connectivity index (χ1) is 12.7. The van der Waals surface area contributed by atoms with Crippen LogP contribution in [0.4, 0.5) is 0 Å². The molecule has 2 aromatic carbocycles. The van der Waals surface area contributed by atoms with Crippen molar-refractivity contribution in [1.82, 2.24) is 25.5 Å². The minimum absolute atomic E-state index is 0.0140. The average molecular weight is 351 g/mol. The van der Waals surface area contributed by atoms with Gasteiger partial charge in [-0.1, -0.05) is 30.3 Å². The molecule has 1 N–H and O–H groups in total. The maximum atomic E-state index is 12.0. The molecule has 0 saturated carbocycles. The molecule has 0 bridgehead atoms. The topological polar surface area (TPSA) is 81.9 Å². The normalized spacial score (nSPS) is 11.7. The van der Waals surface area contributed by atoms with Crippen LogP contribution in [0.5, 0.6) is 5.75 Å². The van der Waals surface area contributed by atoms with Gasteiger partial charge in [-0.25, -0.2) is 4.68 Å². The third kappa shape index (κ3) is 5.14. The largest absolute Gasteiger partial charge is 0.484 e. The Morgan fingerprint density at radius 3 is 2.62 bits per heavy atom. The summed E-state index contributed by atoms with van der Waals surface area (Å²) in [6.07, 6.45) is 3.33. The summed E-state index contributed by atoms with van der Waals surface area (Å²) in [7, 11) is 0. The zero-order chi connectivity index (χ0) is 18.2. The molecule has 0 aliphatic carbocycles. The summed E-state index contributed by atoms with van der Waals surface area (Å²) in [5.74, 6) is 0.490. The number of carbonyl (C=O) groups excluding carboxylic acids is 1. The predicted octanol–water partition coefficient (Wildman–Crippen LogP) is 2.18. The van der Waals surface area contributed by atoms with Gasteiger partial charge in [0.1, 0.15) is 12.1 Å². The predicted molar refractivity (Wildman–Crippen MR) is 97.0 cm³/mol. The van der Waals surface area contributed by atoms with Crippen molar-refractivity contribution in [2.75, 3.05) is 6.61 Å². The van der Waals surface area contributed by atoms with Gasteiger partial charge >= 0.3 is 0 Å². The summed E-state index contributed by atoms with van der Waals surface area (Å²) in [6, 6.07) is 17.5. The zero-order valence-electron chi connectivity index (χ0n) is 14.6. The summed E-state index contributed by atoms with van der Waals surface area (Å²) in [6.45, 7) is 1.99. The number of benzene rings is 2. The second-order valence-corrected chi connectivity index (χ2v) is 6.03. The van der Waals surface area contributed by atoms with Crippen molar-refractivity contribution in [3.8, 4) is 11.4 Å². The van der Waals surface area contributed by atoms with Crippen LogP contribution in [-0.4, -0.2) is 38.8 Å². The maximum absolute atomic E-state index is 12.0. The number of nitrogens with zero attached hydrogens (tertiary/aromatic N) is 4. The molecule has 0 aliphatic heterocycles. The van der Waals surface area contributed by atoms with Gasteiger partial charge in [0.2, 0.25) is 0 Å². The smallest absolute Gasteiger partial charge is 0.258 e. The van der Waals surface area contributed by atoms with E-state index in [0.29, 0.717) is 5.75 Å². The summed E-state index contributed by atoms with van der Waals surface area (Å²) >= 11 is 0. The standard InChI is InChI=1S/C19H21N5O2/c1-15(7-8-16-5-3-2-4-6-16)21-19(25)13-26-18-11-9-17(10-12-18)24-14-20-22-23-24/h2-6,9-12,14-15H,7-8,13H2,1H3,(H,21,25)/t15-/m1/s1. The lowest BCUT2D eigenvalue weighted by atomic mass is 10.1. The minimum atomic E-state index is -0.130. The van der Waals surface area contributed by atoms with Gasteiger partial charge in [0, 0.05) is 6.04 Å². The van der Waals surface area contributed by atoms with Crippen LogP contribution in [0.3, 0.4) is 0 Å². The quantitative estimate of drug-likeness (QED) is 0.673. The van der Waals surface area contributed by atoms with Crippen LogP contribution in [0.2, 0.25) is 0 Å². The van der Waals surface area contributed by atoms with E-state index in [0.717, 1.165) is 18.5 Å². The molecule has 0 unspecified atom stereocenters. The Labute approximate surface area is 152 Å². The first-order valence-corrected chi connectivity index (χ1v) is 8.50. The minimum Gasteiger partial charge on any atom is -0.484 e. The summed E-state index contributed by atoms with van der Waals surface area (Å²) < 4.78 is 7.08. The van der Waals surface area contributed by atoms with E-state index in [1.807, 2.05) is 37.3 Å². The molecule has 1 heterocycles. The van der Waals surface area contributed by atoms with Crippen LogP contribution in [0, 0.1) is 0 Å². The molecule has 1 atom stereocenters. The summed E-state index contributed by atoms with van der Waals surface area (Å²) in [4.78, 5) is 12.0. The van der Waals surface area contributed by atoms with E-state index >= 15 is 0 Å². The number of nitrogens with one attached hydrogen (secondary N) is 1. The summed E-state index contributed by atoms with van der Waals surface area (Å²) in [5, 5.41) is 14.0. The third-order valence-corrected chi connectivity index (χ3v) is 3.94. The molecule has 1 aromatic heterocycles. The molecule has 0 fully saturated rings. The highest BCUT2D eigenvalue weighted by Gasteiger charge is 2.08. The molecule has 3 aromatic rings. The fraction of sp³-hybridized carbons (Fsp3) is 0.263. The Kier molecular flexibility index (Phi) is 5.92. The third-order valence-electron chi connectivity index (χ3n) is 3.94. The molecule has 7 heteroatoms. The molecule has 0 radical (unpaired) electrons. The van der Waals surface area contributed by atoms with E-state index in [-0.39, 0.29) is 18.6 Å². The van der Waals surface area contributed by atoms with Crippen molar-refractivity contribution in [3.05, 3.63) is 66.5 Å². The number of aryl methyl sites for hydroxylation is 1. The lowest BCUT2D eigenvalue weighted by Gasteiger charge is -2.14. The fourth-order valence-electron chi connectivity index (χ4n) is 2.54. The number of rotatable bonds is 8. The number of amides is 1. The number of aromatic nitrogens is 4. The first-order valence-electron chi connectivity index (χ1n) is 8.50. The Bertz CT molecular complexity index is 804. The van der Waals surface area contributed by atoms with Crippen LogP contribution in [0.1, 0.15) is 18.9 Å². The molecule has 0 aliphatic rings. The number of carbonyl (C=O) groups is 1. The van der Waals surface area contributed by atoms with Gasteiger partial charge in [-0.2, -0.15) is 0 Å². The zero-order valence-corrected chi connectivity index (χ0v) is 14.6. The Morgan fingerprint density at radius 2 is 1.92 bits per heavy atom. The van der Waals surface area contributed by atoms with Crippen molar-refractivity contribution in [2.45, 2.75) is 25.8 Å². The van der Waals surface area contributed by atoms with E-state index in [4.69, 9.17) is 4.74 Å². The first kappa shape index (κ1) is 17.6. The Hall–Kier alpha value is -3.22. The van der Waals surface area contributed by atoms with Gasteiger partial charge in [0.05, 0.1) is 5.69 Å². The lowest BCUT2D eigenvalue weighted by Crippen LogP contribution is -2.36. The van der Waals surface area contributed by atoms with Crippen molar-refractivity contribution in [3.63, 3.8) is 0 Å². The number of ether oxygens (including phenoxy) is 1. The number of hydrogen-bond donors (Lipinski definition) is 1. The van der Waals surface area contributed by atoms with Gasteiger partial charge in [-0.3, -0.25) is 4.79 Å². The maximum Gasteiger partial charge on any atom is 0.258 e. The number of tetrazole rings is 1. The van der Waals surface area contributed by atoms with Crippen LogP contribution < -0.4 is 10.1 Å². The molecule has 3 rings (SSSR count). The van der Waals surface area contributed by atoms with E-state index in [9.17, 15) is 4.79 Å². The van der Waals surface area contributed by atoms with Crippen LogP contribution in [0.15, 0.2) is 60.9 Å². The monoisotopic (exact) mass is 351 g/mol.